The summed E-state index contributed by atoms with van der Waals surface area (Å²) in [5.41, 5.74) is 0. The first-order valence-corrected chi connectivity index (χ1v) is 9.99. The van der Waals surface area contributed by atoms with Gasteiger partial charge in [-0.25, -0.2) is 0 Å². The van der Waals surface area contributed by atoms with Gasteiger partial charge in [0.05, 0.1) is 66.5 Å². The molecule has 0 atom stereocenters. The van der Waals surface area contributed by atoms with Crippen molar-refractivity contribution in [1.29, 1.82) is 0 Å². The summed E-state index contributed by atoms with van der Waals surface area (Å²) < 4.78 is 21.3. The summed E-state index contributed by atoms with van der Waals surface area (Å²) in [5.74, 6) is 0.0626. The van der Waals surface area contributed by atoms with Gasteiger partial charge < -0.3 is 29.6 Å². The van der Waals surface area contributed by atoms with Gasteiger partial charge >= 0.3 is 0 Å². The second kappa shape index (κ2) is 21.5. The van der Waals surface area contributed by atoms with E-state index in [0.717, 1.165) is 12.8 Å². The maximum atomic E-state index is 11.5. The van der Waals surface area contributed by atoms with Gasteiger partial charge in [0.1, 0.15) is 0 Å². The van der Waals surface area contributed by atoms with Crippen LogP contribution in [-0.4, -0.2) is 91.4 Å². The number of nitrogens with one attached hydrogen (secondary N) is 2. The fourth-order valence-corrected chi connectivity index (χ4v) is 1.94. The summed E-state index contributed by atoms with van der Waals surface area (Å²) in [7, 11) is 5.38. The molecule has 0 aliphatic rings. The number of hydrogen-bond donors (Lipinski definition) is 3. The number of carbonyl (C=O) groups excluding carboxylic acids is 2. The van der Waals surface area contributed by atoms with E-state index in [2.05, 4.69) is 23.3 Å². The van der Waals surface area contributed by atoms with Gasteiger partial charge in [-0.05, 0) is 6.42 Å². The van der Waals surface area contributed by atoms with E-state index >= 15 is 0 Å². The zero-order chi connectivity index (χ0) is 20.0. The molecule has 0 aliphatic carbocycles. The molecule has 27 heavy (non-hydrogen) atoms. The van der Waals surface area contributed by atoms with Crippen LogP contribution in [0.5, 0.6) is 0 Å². The first-order valence-electron chi connectivity index (χ1n) is 9.36. The van der Waals surface area contributed by atoms with Gasteiger partial charge in [-0.15, -0.1) is 0 Å². The molecular formula is C17H33BN2O6S. The molecule has 2 amide bonds. The van der Waals surface area contributed by atoms with Gasteiger partial charge in [0.2, 0.25) is 11.8 Å². The van der Waals surface area contributed by atoms with Crippen molar-refractivity contribution in [1.82, 2.24) is 10.6 Å². The fraction of sp³-hybridized carbons (Fsp3) is 0.882. The lowest BCUT2D eigenvalue weighted by Gasteiger charge is -2.08. The molecule has 0 unspecified atom stereocenters. The zero-order valence-corrected chi connectivity index (χ0v) is 17.0. The van der Waals surface area contributed by atoms with Crippen LogP contribution in [0.3, 0.4) is 0 Å². The average Bonchev–Trinajstić information content (AvgIpc) is 2.68. The molecule has 0 fully saturated rings. The molecule has 0 aromatic rings. The van der Waals surface area contributed by atoms with Crippen molar-refractivity contribution in [2.24, 2.45) is 0 Å². The van der Waals surface area contributed by atoms with Gasteiger partial charge in [-0.3, -0.25) is 9.59 Å². The third kappa shape index (κ3) is 21.4. The minimum atomic E-state index is -0.110. The van der Waals surface area contributed by atoms with Crippen LogP contribution in [0.2, 0.25) is 6.32 Å². The summed E-state index contributed by atoms with van der Waals surface area (Å²) in [5, 5.41) is 5.47. The number of amides is 2. The van der Waals surface area contributed by atoms with Crippen LogP contribution in [-0.2, 0) is 28.5 Å². The van der Waals surface area contributed by atoms with Crippen molar-refractivity contribution in [2.45, 2.75) is 25.6 Å². The van der Waals surface area contributed by atoms with Crippen molar-refractivity contribution in [3.63, 3.8) is 0 Å². The minimum Gasteiger partial charge on any atom is -0.379 e. The molecule has 0 aliphatic heterocycles. The van der Waals surface area contributed by atoms with Crippen LogP contribution in [0.25, 0.3) is 0 Å². The number of hydrogen-bond acceptors (Lipinski definition) is 7. The molecule has 0 saturated carbocycles. The average molecular weight is 404 g/mol. The number of thiol groups is 1. The van der Waals surface area contributed by atoms with Gasteiger partial charge in [0.15, 0.2) is 0 Å². The van der Waals surface area contributed by atoms with Crippen LogP contribution >= 0.6 is 12.6 Å². The van der Waals surface area contributed by atoms with E-state index in [1.54, 1.807) is 0 Å². The Kier molecular flexibility index (Phi) is 20.9. The zero-order valence-electron chi connectivity index (χ0n) is 16.1. The molecule has 0 rings (SSSR count). The smallest absolute Gasteiger partial charge is 0.229 e. The summed E-state index contributed by atoms with van der Waals surface area (Å²) in [4.78, 5) is 22.4. The summed E-state index contributed by atoms with van der Waals surface area (Å²) in [6, 6.07) is 0. The maximum absolute atomic E-state index is 11.5. The molecule has 0 heterocycles. The summed E-state index contributed by atoms with van der Waals surface area (Å²) >= 11 is 3.85. The Morgan fingerprint density at radius 1 is 0.704 bits per heavy atom. The second-order valence-corrected chi connectivity index (χ2v) is 5.87. The first-order chi connectivity index (χ1) is 13.2. The molecule has 0 spiro atoms. The van der Waals surface area contributed by atoms with E-state index in [1.165, 1.54) is 0 Å². The highest BCUT2D eigenvalue weighted by atomic mass is 32.1. The van der Waals surface area contributed by atoms with Crippen LogP contribution < -0.4 is 10.6 Å². The number of unbranched alkanes of at least 4 members (excludes halogenated alkanes) is 1. The Morgan fingerprint density at radius 3 is 1.78 bits per heavy atom. The topological polar surface area (TPSA) is 95.1 Å². The third-order valence-electron chi connectivity index (χ3n) is 3.25. The standard InChI is InChI=1S/C17H33BN2O6S/c18-4-1-2-5-19-16(21)3-7-23-9-11-25-13-14-26-12-10-24-8-6-20-17(22)15-27/h27H,1-15H2,(H,19,21)(H,20,22). The van der Waals surface area contributed by atoms with Crippen molar-refractivity contribution in [2.75, 3.05) is 71.7 Å². The van der Waals surface area contributed by atoms with Crippen molar-refractivity contribution in [3.05, 3.63) is 0 Å². The largest absolute Gasteiger partial charge is 0.379 e. The summed E-state index contributed by atoms with van der Waals surface area (Å²) in [6.45, 7) is 4.76. The molecule has 0 aromatic carbocycles. The molecule has 156 valence electrons. The normalized spacial score (nSPS) is 10.7. The van der Waals surface area contributed by atoms with Gasteiger partial charge in [0.25, 0.3) is 0 Å². The Hall–Kier alpha value is -0.805. The van der Waals surface area contributed by atoms with Crippen LogP contribution in [0.4, 0.5) is 0 Å². The molecule has 10 heteroatoms. The SMILES string of the molecule is [B]CCCCNC(=O)CCOCCOCCOCCOCCNC(=O)CS. The first kappa shape index (κ1) is 26.2. The highest BCUT2D eigenvalue weighted by Gasteiger charge is 2.00. The van der Waals surface area contributed by atoms with Crippen LogP contribution in [0, 0.1) is 0 Å². The third-order valence-corrected chi connectivity index (χ3v) is 3.54. The van der Waals surface area contributed by atoms with Crippen LogP contribution in [0.1, 0.15) is 19.3 Å². The molecular weight excluding hydrogens is 371 g/mol. The van der Waals surface area contributed by atoms with Crippen molar-refractivity contribution >= 4 is 32.3 Å². The maximum Gasteiger partial charge on any atom is 0.229 e. The molecule has 0 bridgehead atoms. The highest BCUT2D eigenvalue weighted by Crippen LogP contribution is 1.91. The molecule has 0 saturated heterocycles. The van der Waals surface area contributed by atoms with E-state index in [4.69, 9.17) is 26.8 Å². The second-order valence-electron chi connectivity index (χ2n) is 5.55. The molecule has 2 N–H and O–H groups in total. The molecule has 2 radical (unpaired) electrons. The predicted molar refractivity (Wildman–Crippen MR) is 108 cm³/mol. The lowest BCUT2D eigenvalue weighted by molar-refractivity contribution is -0.122. The number of rotatable bonds is 20. The van der Waals surface area contributed by atoms with Crippen molar-refractivity contribution < 1.29 is 28.5 Å². The van der Waals surface area contributed by atoms with Gasteiger partial charge in [-0.1, -0.05) is 12.7 Å². The monoisotopic (exact) mass is 404 g/mol. The van der Waals surface area contributed by atoms with E-state index in [-0.39, 0.29) is 17.6 Å². The minimum absolute atomic E-state index is 0.00681. The fourth-order valence-electron chi connectivity index (χ4n) is 1.83. The molecule has 0 aromatic heterocycles. The Labute approximate surface area is 169 Å². The Balaban J connectivity index is 3.12. The van der Waals surface area contributed by atoms with Crippen LogP contribution in [0.15, 0.2) is 0 Å². The quantitative estimate of drug-likeness (QED) is 0.150. The van der Waals surface area contributed by atoms with Gasteiger partial charge in [-0.2, -0.15) is 12.6 Å². The van der Waals surface area contributed by atoms with E-state index in [9.17, 15) is 9.59 Å². The number of ether oxygens (including phenoxy) is 4. The Morgan fingerprint density at radius 2 is 1.22 bits per heavy atom. The highest BCUT2D eigenvalue weighted by molar-refractivity contribution is 7.81. The summed E-state index contributed by atoms with van der Waals surface area (Å²) in [6.07, 6.45) is 2.82. The Bertz CT molecular complexity index is 366. The van der Waals surface area contributed by atoms with Crippen molar-refractivity contribution in [3.8, 4) is 0 Å². The molecule has 8 nitrogen and oxygen atoms in total. The predicted octanol–water partition coefficient (Wildman–Crippen LogP) is -0.0279. The van der Waals surface area contributed by atoms with E-state index < -0.39 is 0 Å². The van der Waals surface area contributed by atoms with E-state index in [1.807, 2.05) is 0 Å². The lowest BCUT2D eigenvalue weighted by Crippen LogP contribution is -2.28. The van der Waals surface area contributed by atoms with Gasteiger partial charge in [0, 0.05) is 19.5 Å². The van der Waals surface area contributed by atoms with E-state index in [0.29, 0.717) is 78.7 Å². The number of carbonyl (C=O) groups is 2. The lowest BCUT2D eigenvalue weighted by atomic mass is 10.0.